The highest BCUT2D eigenvalue weighted by atomic mass is 16.4. The molecule has 1 aliphatic heterocycles. The van der Waals surface area contributed by atoms with Crippen molar-refractivity contribution in [3.05, 3.63) is 54.1 Å². The van der Waals surface area contributed by atoms with E-state index in [9.17, 15) is 4.79 Å². The van der Waals surface area contributed by atoms with Crippen molar-refractivity contribution in [3.8, 4) is 0 Å². The molecule has 2 heterocycles. The summed E-state index contributed by atoms with van der Waals surface area (Å²) < 4.78 is 5.94. The average molecular weight is 378 g/mol. The molecule has 0 spiro atoms. The lowest BCUT2D eigenvalue weighted by molar-refractivity contribution is 0.154. The quantitative estimate of drug-likeness (QED) is 0.728. The van der Waals surface area contributed by atoms with Gasteiger partial charge in [-0.2, -0.15) is 4.98 Å². The number of nitrogens with zero attached hydrogens (tertiary/aromatic N) is 3. The van der Waals surface area contributed by atoms with Gasteiger partial charge in [0, 0.05) is 25.3 Å². The summed E-state index contributed by atoms with van der Waals surface area (Å²) in [5.41, 5.74) is 3.56. The maximum absolute atomic E-state index is 13.0. The number of para-hydroxylation sites is 3. The predicted molar refractivity (Wildman–Crippen MR) is 112 cm³/mol. The zero-order valence-electron chi connectivity index (χ0n) is 16.6. The fourth-order valence-corrected chi connectivity index (χ4v) is 3.70. The van der Waals surface area contributed by atoms with Gasteiger partial charge >= 0.3 is 6.03 Å². The number of hydrogen-bond donors (Lipinski definition) is 1. The van der Waals surface area contributed by atoms with E-state index in [1.807, 2.05) is 60.4 Å². The normalized spacial score (nSPS) is 17.4. The Kier molecular flexibility index (Phi) is 4.94. The topological polar surface area (TPSA) is 61.6 Å². The van der Waals surface area contributed by atoms with E-state index < -0.39 is 0 Å². The van der Waals surface area contributed by atoms with E-state index in [4.69, 9.17) is 4.42 Å². The number of oxazole rings is 1. The molecule has 1 aromatic heterocycles. The van der Waals surface area contributed by atoms with Crippen molar-refractivity contribution in [1.82, 2.24) is 9.88 Å². The minimum Gasteiger partial charge on any atom is -0.423 e. The number of rotatable bonds is 3. The van der Waals surface area contributed by atoms with Crippen LogP contribution in [-0.2, 0) is 0 Å². The second-order valence-corrected chi connectivity index (χ2v) is 7.66. The van der Waals surface area contributed by atoms with Gasteiger partial charge in [-0.25, -0.2) is 4.79 Å². The Hall–Kier alpha value is -3.02. The summed E-state index contributed by atoms with van der Waals surface area (Å²) in [6.45, 7) is 8.31. The van der Waals surface area contributed by atoms with E-state index in [2.05, 4.69) is 29.0 Å². The monoisotopic (exact) mass is 378 g/mol. The Morgan fingerprint density at radius 1 is 1.14 bits per heavy atom. The van der Waals surface area contributed by atoms with E-state index in [1.54, 1.807) is 0 Å². The van der Waals surface area contributed by atoms with Crippen LogP contribution in [0.3, 0.4) is 0 Å². The maximum atomic E-state index is 13.0. The first-order valence-electron chi connectivity index (χ1n) is 9.76. The van der Waals surface area contributed by atoms with E-state index >= 15 is 0 Å². The molecule has 28 heavy (non-hydrogen) atoms. The van der Waals surface area contributed by atoms with Crippen molar-refractivity contribution < 1.29 is 9.21 Å². The molecule has 1 N–H and O–H groups in total. The van der Waals surface area contributed by atoms with Crippen LogP contribution in [-0.4, -0.2) is 41.6 Å². The number of anilines is 2. The highest BCUT2D eigenvalue weighted by molar-refractivity contribution is 5.90. The van der Waals surface area contributed by atoms with Crippen molar-refractivity contribution >= 4 is 28.8 Å². The van der Waals surface area contributed by atoms with Crippen molar-refractivity contribution in [2.45, 2.75) is 26.8 Å². The van der Waals surface area contributed by atoms with Gasteiger partial charge in [0.25, 0.3) is 6.01 Å². The molecule has 146 valence electrons. The summed E-state index contributed by atoms with van der Waals surface area (Å²) in [6.07, 6.45) is 0. The zero-order valence-corrected chi connectivity index (χ0v) is 16.6. The summed E-state index contributed by atoms with van der Waals surface area (Å²) in [5.74, 6) is 0.315. The summed E-state index contributed by atoms with van der Waals surface area (Å²) in [7, 11) is 0. The third-order valence-corrected chi connectivity index (χ3v) is 5.39. The first-order valence-corrected chi connectivity index (χ1v) is 9.76. The van der Waals surface area contributed by atoms with Crippen LogP contribution in [0.2, 0.25) is 0 Å². The third kappa shape index (κ3) is 3.54. The highest BCUT2D eigenvalue weighted by Crippen LogP contribution is 2.26. The number of aromatic nitrogens is 1. The molecule has 6 heteroatoms. The number of piperazine rings is 1. The van der Waals surface area contributed by atoms with Crippen LogP contribution in [0.1, 0.15) is 19.4 Å². The van der Waals surface area contributed by atoms with E-state index in [0.29, 0.717) is 31.6 Å². The molecule has 0 saturated carbocycles. The number of aryl methyl sites for hydroxylation is 1. The molecule has 1 aliphatic rings. The minimum absolute atomic E-state index is 0.0507. The number of amides is 2. The SMILES string of the molecule is Cc1ccccc1NC(=O)N1CCN(c2nc3ccccc3o2)CC1C(C)C. The Morgan fingerprint density at radius 2 is 1.89 bits per heavy atom. The molecule has 1 saturated heterocycles. The third-order valence-electron chi connectivity index (χ3n) is 5.39. The van der Waals surface area contributed by atoms with Crippen LogP contribution >= 0.6 is 0 Å². The molecule has 3 aromatic rings. The highest BCUT2D eigenvalue weighted by Gasteiger charge is 2.34. The number of urea groups is 1. The molecule has 1 unspecified atom stereocenters. The Labute approximate surface area is 165 Å². The summed E-state index contributed by atoms with van der Waals surface area (Å²) in [6, 6.07) is 16.3. The Balaban J connectivity index is 1.51. The molecule has 4 rings (SSSR count). The van der Waals surface area contributed by atoms with Crippen LogP contribution in [0.4, 0.5) is 16.5 Å². The molecular weight excluding hydrogens is 352 g/mol. The predicted octanol–water partition coefficient (Wildman–Crippen LogP) is 4.51. The maximum Gasteiger partial charge on any atom is 0.322 e. The van der Waals surface area contributed by atoms with Gasteiger partial charge in [-0.3, -0.25) is 0 Å². The molecular formula is C22H26N4O2. The van der Waals surface area contributed by atoms with Gasteiger partial charge in [-0.15, -0.1) is 0 Å². The van der Waals surface area contributed by atoms with Crippen molar-refractivity contribution in [1.29, 1.82) is 0 Å². The van der Waals surface area contributed by atoms with Crippen LogP contribution in [0.5, 0.6) is 0 Å². The smallest absolute Gasteiger partial charge is 0.322 e. The number of benzene rings is 2. The van der Waals surface area contributed by atoms with Crippen molar-refractivity contribution in [3.63, 3.8) is 0 Å². The molecule has 0 aliphatic carbocycles. The van der Waals surface area contributed by atoms with E-state index in [-0.39, 0.29) is 12.1 Å². The number of fused-ring (bicyclic) bond motifs is 1. The largest absolute Gasteiger partial charge is 0.423 e. The van der Waals surface area contributed by atoms with E-state index in [0.717, 1.165) is 22.4 Å². The lowest BCUT2D eigenvalue weighted by Crippen LogP contribution is -2.58. The Bertz CT molecular complexity index is 948. The van der Waals surface area contributed by atoms with Gasteiger partial charge in [0.2, 0.25) is 0 Å². The van der Waals surface area contributed by atoms with Crippen molar-refractivity contribution in [2.75, 3.05) is 29.9 Å². The van der Waals surface area contributed by atoms with Crippen molar-refractivity contribution in [2.24, 2.45) is 5.92 Å². The van der Waals surface area contributed by atoms with Gasteiger partial charge < -0.3 is 19.5 Å². The lowest BCUT2D eigenvalue weighted by atomic mass is 10.00. The van der Waals surface area contributed by atoms with Gasteiger partial charge in [0.1, 0.15) is 5.52 Å². The zero-order chi connectivity index (χ0) is 19.7. The first kappa shape index (κ1) is 18.3. The standard InChI is InChI=1S/C22H26N4O2/c1-15(2)19-14-25(22-24-18-10-6-7-11-20(18)28-22)12-13-26(19)21(27)23-17-9-5-4-8-16(17)3/h4-11,15,19H,12-14H2,1-3H3,(H,23,27). The summed E-state index contributed by atoms with van der Waals surface area (Å²) in [5, 5.41) is 3.07. The van der Waals surface area contributed by atoms with Crippen LogP contribution in [0.25, 0.3) is 11.1 Å². The van der Waals surface area contributed by atoms with Gasteiger partial charge in [-0.1, -0.05) is 44.2 Å². The lowest BCUT2D eigenvalue weighted by Gasteiger charge is -2.42. The molecule has 2 aromatic carbocycles. The summed E-state index contributed by atoms with van der Waals surface area (Å²) in [4.78, 5) is 21.7. The molecule has 2 amide bonds. The molecule has 1 atom stereocenters. The Morgan fingerprint density at radius 3 is 2.64 bits per heavy atom. The van der Waals surface area contributed by atoms with Gasteiger partial charge in [0.15, 0.2) is 5.58 Å². The van der Waals surface area contributed by atoms with E-state index in [1.165, 1.54) is 0 Å². The van der Waals surface area contributed by atoms with Crippen LogP contribution in [0, 0.1) is 12.8 Å². The van der Waals surface area contributed by atoms with Gasteiger partial charge in [-0.05, 0) is 36.6 Å². The van der Waals surface area contributed by atoms with Gasteiger partial charge in [0.05, 0.1) is 6.04 Å². The molecule has 0 bridgehead atoms. The summed E-state index contributed by atoms with van der Waals surface area (Å²) >= 11 is 0. The molecule has 0 radical (unpaired) electrons. The number of carbonyl (C=O) groups is 1. The number of carbonyl (C=O) groups excluding carboxylic acids is 1. The fourth-order valence-electron chi connectivity index (χ4n) is 3.70. The number of nitrogens with one attached hydrogen (secondary N) is 1. The second-order valence-electron chi connectivity index (χ2n) is 7.66. The fraction of sp³-hybridized carbons (Fsp3) is 0.364. The number of hydrogen-bond acceptors (Lipinski definition) is 4. The molecule has 1 fully saturated rings. The first-order chi connectivity index (χ1) is 13.5. The van der Waals surface area contributed by atoms with Crippen LogP contribution in [0.15, 0.2) is 52.9 Å². The molecule has 6 nitrogen and oxygen atoms in total. The second kappa shape index (κ2) is 7.54. The average Bonchev–Trinajstić information content (AvgIpc) is 3.13. The van der Waals surface area contributed by atoms with Crippen LogP contribution < -0.4 is 10.2 Å². The minimum atomic E-state index is -0.0507.